The maximum atomic E-state index is 3.40. The van der Waals surface area contributed by atoms with Gasteiger partial charge in [-0.25, -0.2) is 5.57 Å². The Morgan fingerprint density at radius 3 is 1.66 bits per heavy atom. The van der Waals surface area contributed by atoms with Crippen molar-refractivity contribution in [1.29, 1.82) is 0 Å². The van der Waals surface area contributed by atoms with Crippen LogP contribution in [0.25, 0.3) is 21.5 Å². The largest absolute Gasteiger partial charge is 1.00 e. The maximum Gasteiger partial charge on any atom is -0.0771 e. The van der Waals surface area contributed by atoms with Crippen LogP contribution < -0.4 is 24.8 Å². The van der Waals surface area contributed by atoms with Crippen LogP contribution in [0.4, 0.5) is 0 Å². The number of benzene rings is 3. The summed E-state index contributed by atoms with van der Waals surface area (Å²) < 4.78 is 2.19. The molecule has 5 rings (SSSR count). The summed E-state index contributed by atoms with van der Waals surface area (Å²) in [6, 6.07) is 27.8. The number of hydrogen-bond donors (Lipinski definition) is 0. The molecule has 4 aromatic carbocycles. The van der Waals surface area contributed by atoms with Crippen LogP contribution in [0.2, 0.25) is 0 Å². The van der Waals surface area contributed by atoms with Crippen LogP contribution in [0, 0.1) is 24.3 Å². The summed E-state index contributed by atoms with van der Waals surface area (Å²) in [5, 5.41) is 5.39. The van der Waals surface area contributed by atoms with Crippen molar-refractivity contribution >= 4 is 25.3 Å². The van der Waals surface area contributed by atoms with Crippen LogP contribution in [0.1, 0.15) is 45.7 Å². The number of rotatable bonds is 1. The van der Waals surface area contributed by atoms with Crippen molar-refractivity contribution in [1.82, 2.24) is 0 Å². The Hall–Kier alpha value is -1.66. The number of halogens is 2. The van der Waals surface area contributed by atoms with Crippen LogP contribution in [-0.4, -0.2) is 3.71 Å². The first-order valence-electron chi connectivity index (χ1n) is 11.6. The standard InChI is InChI=1S/C13H9.C11H17.C8H8.2ClH.Zr/c1-3-7-12-10(5-1)9-11-6-2-4-8-13(11)12;1-8-6-9(2)10(7-8)11(3,4)5;1-7-3-5-8(2)6-4-7;;;/h1-9H;7-8H,1-5H3;1,3-6H,2H3;2*1H;/q2*-1;;;;+2/p-2. The van der Waals surface area contributed by atoms with E-state index >= 15 is 0 Å². The summed E-state index contributed by atoms with van der Waals surface area (Å²) in [5.41, 5.74) is 5.76. The van der Waals surface area contributed by atoms with Gasteiger partial charge in [0.05, 0.1) is 0 Å². The molecule has 0 N–H and O–H groups in total. The first-order chi connectivity index (χ1) is 15.7. The number of hydrogen-bond acceptors (Lipinski definition) is 0. The van der Waals surface area contributed by atoms with Gasteiger partial charge in [-0.05, 0) is 0 Å². The third-order valence-corrected chi connectivity index (χ3v) is 6.66. The SMILES string of the molecule is CC1=[C-]C(C)C=C1C(C)(C)C.Cc1ccc([CH]=[Zr+2])cc1.[Cl-].[Cl-].c1ccc2c(c1)[cH-]c1ccccc12. The van der Waals surface area contributed by atoms with E-state index in [4.69, 9.17) is 0 Å². The molecule has 0 bridgehead atoms. The molecule has 0 amide bonds. The van der Waals surface area contributed by atoms with E-state index in [1.807, 2.05) is 0 Å². The molecule has 35 heavy (non-hydrogen) atoms. The van der Waals surface area contributed by atoms with Crippen molar-refractivity contribution in [2.45, 2.75) is 41.5 Å². The molecule has 0 radical (unpaired) electrons. The number of fused-ring (bicyclic) bond motifs is 3. The van der Waals surface area contributed by atoms with Crippen molar-refractivity contribution in [3.63, 3.8) is 0 Å². The molecule has 1 atom stereocenters. The molecule has 1 aliphatic carbocycles. The summed E-state index contributed by atoms with van der Waals surface area (Å²) in [7, 11) is 0. The van der Waals surface area contributed by atoms with E-state index in [-0.39, 0.29) is 24.8 Å². The van der Waals surface area contributed by atoms with Gasteiger partial charge >= 0.3 is 70.3 Å². The van der Waals surface area contributed by atoms with Gasteiger partial charge in [0.15, 0.2) is 0 Å². The molecule has 1 unspecified atom stereocenters. The molecule has 0 heterocycles. The molecular weight excluding hydrogens is 546 g/mol. The molecule has 0 saturated heterocycles. The van der Waals surface area contributed by atoms with Gasteiger partial charge < -0.3 is 24.8 Å². The third-order valence-electron chi connectivity index (χ3n) is 5.84. The predicted octanol–water partition coefficient (Wildman–Crippen LogP) is 2.77. The van der Waals surface area contributed by atoms with Gasteiger partial charge in [0.2, 0.25) is 0 Å². The summed E-state index contributed by atoms with van der Waals surface area (Å²) >= 11 is 1.47. The fourth-order valence-corrected chi connectivity index (χ4v) is 4.69. The van der Waals surface area contributed by atoms with Crippen molar-refractivity contribution in [3.05, 3.63) is 113 Å². The van der Waals surface area contributed by atoms with Crippen molar-refractivity contribution in [3.8, 4) is 0 Å². The van der Waals surface area contributed by atoms with Crippen molar-refractivity contribution in [2.24, 2.45) is 11.3 Å². The van der Waals surface area contributed by atoms with E-state index in [0.717, 1.165) is 0 Å². The molecule has 182 valence electrons. The molecule has 0 nitrogen and oxygen atoms in total. The smallest absolute Gasteiger partial charge is 0.0771 e. The third kappa shape index (κ3) is 8.75. The quantitative estimate of drug-likeness (QED) is 0.304. The molecular formula is C32H34Cl2Zr-2. The Labute approximate surface area is 239 Å². The minimum atomic E-state index is 0. The second-order valence-electron chi connectivity index (χ2n) is 9.76. The zero-order valence-corrected chi connectivity index (χ0v) is 25.5. The normalized spacial score (nSPS) is 14.3. The zero-order valence-electron chi connectivity index (χ0n) is 21.5. The Morgan fingerprint density at radius 1 is 0.800 bits per heavy atom. The molecule has 0 aromatic heterocycles. The number of allylic oxidation sites excluding steroid dienone is 4. The topological polar surface area (TPSA) is 0 Å². The van der Waals surface area contributed by atoms with Gasteiger partial charge in [-0.1, -0.05) is 82.3 Å². The zero-order chi connectivity index (χ0) is 24.0. The van der Waals surface area contributed by atoms with E-state index < -0.39 is 0 Å². The van der Waals surface area contributed by atoms with Crippen molar-refractivity contribution in [2.75, 3.05) is 0 Å². The van der Waals surface area contributed by atoms with Crippen LogP contribution in [0.3, 0.4) is 0 Å². The van der Waals surface area contributed by atoms with E-state index in [0.29, 0.717) is 11.3 Å². The Bertz CT molecular complexity index is 1230. The first kappa shape index (κ1) is 31.4. The molecule has 3 heteroatoms. The molecule has 1 aliphatic rings. The summed E-state index contributed by atoms with van der Waals surface area (Å²) in [6.07, 6.45) is 5.71. The van der Waals surface area contributed by atoms with E-state index in [2.05, 4.69) is 136 Å². The fraction of sp³-hybridized carbons (Fsp3) is 0.250. The summed E-state index contributed by atoms with van der Waals surface area (Å²) in [5.74, 6) is 0.518. The monoisotopic (exact) mass is 578 g/mol. The van der Waals surface area contributed by atoms with Gasteiger partial charge in [0.1, 0.15) is 0 Å². The average Bonchev–Trinajstić information content (AvgIpc) is 3.34. The summed E-state index contributed by atoms with van der Waals surface area (Å²) in [6.45, 7) is 13.2. The van der Waals surface area contributed by atoms with E-state index in [9.17, 15) is 0 Å². The second kappa shape index (κ2) is 14.2. The molecule has 4 aromatic rings. The van der Waals surface area contributed by atoms with Crippen molar-refractivity contribution < 1.29 is 49.0 Å². The van der Waals surface area contributed by atoms with Gasteiger partial charge in [0.25, 0.3) is 0 Å². The predicted molar refractivity (Wildman–Crippen MR) is 143 cm³/mol. The minimum Gasteiger partial charge on any atom is -1.00 e. The average molecular weight is 581 g/mol. The maximum absolute atomic E-state index is 3.40. The molecule has 0 spiro atoms. The minimum absolute atomic E-state index is 0. The second-order valence-corrected chi connectivity index (χ2v) is 10.5. The van der Waals surface area contributed by atoms with Crippen LogP contribution in [0.5, 0.6) is 0 Å². The van der Waals surface area contributed by atoms with E-state index in [1.165, 1.54) is 68.1 Å². The fourth-order valence-electron chi connectivity index (χ4n) is 4.21. The van der Waals surface area contributed by atoms with E-state index in [1.54, 1.807) is 0 Å². The van der Waals surface area contributed by atoms with Crippen LogP contribution in [-0.2, 0) is 24.2 Å². The summed E-state index contributed by atoms with van der Waals surface area (Å²) in [4.78, 5) is 0. The number of aryl methyl sites for hydroxylation is 1. The Morgan fingerprint density at radius 2 is 1.29 bits per heavy atom. The van der Waals surface area contributed by atoms with Crippen LogP contribution in [0.15, 0.2) is 96.1 Å². The molecule has 0 fully saturated rings. The first-order valence-corrected chi connectivity index (χ1v) is 13.0. The molecule has 0 aliphatic heterocycles. The van der Waals surface area contributed by atoms with Gasteiger partial charge in [-0.3, -0.25) is 6.08 Å². The van der Waals surface area contributed by atoms with Gasteiger partial charge in [0, 0.05) is 0 Å². The van der Waals surface area contributed by atoms with Crippen LogP contribution >= 0.6 is 0 Å². The molecule has 0 saturated carbocycles. The van der Waals surface area contributed by atoms with Gasteiger partial charge in [-0.15, -0.1) is 39.7 Å². The Balaban J connectivity index is 0.000000260. The Kier molecular flexibility index (Phi) is 12.7. The van der Waals surface area contributed by atoms with Gasteiger partial charge in [-0.2, -0.15) is 11.6 Å².